The lowest BCUT2D eigenvalue weighted by molar-refractivity contribution is -0.265. The number of aliphatic hydroxyl groups is 3. The number of hydrogen-bond donors (Lipinski definition) is 3. The van der Waals surface area contributed by atoms with Crippen LogP contribution in [0.2, 0.25) is 0 Å². The van der Waals surface area contributed by atoms with Crippen LogP contribution in [0.15, 0.2) is 47.6 Å². The fourth-order valence-electron chi connectivity index (χ4n) is 9.32. The molecule has 4 aliphatic rings. The summed E-state index contributed by atoms with van der Waals surface area (Å²) in [6, 6.07) is -0.965. The van der Waals surface area contributed by atoms with E-state index in [1.165, 1.54) is 4.90 Å². The van der Waals surface area contributed by atoms with Crippen molar-refractivity contribution in [1.82, 2.24) is 4.90 Å². The van der Waals surface area contributed by atoms with Gasteiger partial charge in [0.1, 0.15) is 17.9 Å². The number of aliphatic hydroxyl groups excluding tert-OH is 2. The molecular weight excluding hydrogens is 751 g/mol. The Kier molecular flexibility index (Phi) is 19.2. The quantitative estimate of drug-likeness (QED) is 0.147. The van der Waals surface area contributed by atoms with Gasteiger partial charge in [-0.1, -0.05) is 64.2 Å². The van der Waals surface area contributed by atoms with E-state index in [0.717, 1.165) is 43.3 Å². The van der Waals surface area contributed by atoms with Crippen molar-refractivity contribution in [1.29, 1.82) is 0 Å². The highest BCUT2D eigenvalue weighted by Gasteiger charge is 2.53. The minimum Gasteiger partial charge on any atom is -0.461 e. The molecule has 11 nitrogen and oxygen atoms in total. The number of methoxy groups -OCH3 is 1. The zero-order valence-corrected chi connectivity index (χ0v) is 37.0. The summed E-state index contributed by atoms with van der Waals surface area (Å²) < 4.78 is 18.2. The number of piperidine rings is 1. The topological polar surface area (TPSA) is 160 Å². The maximum atomic E-state index is 14.1. The Labute approximate surface area is 353 Å². The minimum absolute atomic E-state index is 0.0239. The van der Waals surface area contributed by atoms with Crippen molar-refractivity contribution in [3.63, 3.8) is 0 Å². The Morgan fingerprint density at radius 3 is 2.25 bits per heavy atom. The van der Waals surface area contributed by atoms with Crippen LogP contribution < -0.4 is 0 Å². The van der Waals surface area contributed by atoms with Gasteiger partial charge in [-0.15, -0.1) is 0 Å². The molecule has 4 rings (SSSR count). The standard InChI is InChI=1S/C48H75NO10/c1-31-13-9-8-10-14-33(3)44(57-7)29-40-24-17-36(6)48(56,59-40)45(53)46(54)49-26-12-11-15-41(49)47(55)58-39(25-20-37-18-21-38(50)22-19-37)23-16-32(2)28-35(5)43(52)30-42(51)34(4)27-31/h8-10,13-14,28,31-32,34,36-41,43-44,50,52,56H,11-12,15-27,29-30H2,1-7H3/b10-8?,13-9+,33-14?,35-28+/t31-,32+,34-,36-,37?,38?,39+,40?,41+,43+,44+,48-/m1/s1. The van der Waals surface area contributed by atoms with Gasteiger partial charge in [-0.05, 0) is 133 Å². The van der Waals surface area contributed by atoms with Gasteiger partial charge in [-0.25, -0.2) is 4.79 Å². The van der Waals surface area contributed by atoms with Crippen molar-refractivity contribution in [2.45, 2.75) is 187 Å². The van der Waals surface area contributed by atoms with Crippen LogP contribution >= 0.6 is 0 Å². The molecule has 1 saturated carbocycles. The summed E-state index contributed by atoms with van der Waals surface area (Å²) in [5.74, 6) is -5.13. The third-order valence-electron chi connectivity index (χ3n) is 13.5. The number of carbonyl (C=O) groups excluding carboxylic acids is 4. The first-order valence-corrected chi connectivity index (χ1v) is 22.6. The number of cyclic esters (lactones) is 1. The average Bonchev–Trinajstić information content (AvgIpc) is 3.21. The predicted molar refractivity (Wildman–Crippen MR) is 228 cm³/mol. The van der Waals surface area contributed by atoms with E-state index >= 15 is 0 Å². The maximum Gasteiger partial charge on any atom is 0.329 e. The van der Waals surface area contributed by atoms with Gasteiger partial charge < -0.3 is 34.4 Å². The molecule has 1 amide bonds. The zero-order chi connectivity index (χ0) is 43.3. The lowest BCUT2D eigenvalue weighted by Crippen LogP contribution is -2.60. The molecule has 2 saturated heterocycles. The monoisotopic (exact) mass is 826 g/mol. The summed E-state index contributed by atoms with van der Waals surface area (Å²) in [5, 5.41) is 33.0. The molecule has 59 heavy (non-hydrogen) atoms. The summed E-state index contributed by atoms with van der Waals surface area (Å²) in [6.45, 7) is 11.7. The summed E-state index contributed by atoms with van der Waals surface area (Å²) in [7, 11) is 1.60. The molecule has 11 heteroatoms. The first kappa shape index (κ1) is 48.7. The van der Waals surface area contributed by atoms with Crippen LogP contribution in [0.5, 0.6) is 0 Å². The normalized spacial score (nSPS) is 38.7. The summed E-state index contributed by atoms with van der Waals surface area (Å²) >= 11 is 0. The second kappa shape index (κ2) is 23.3. The van der Waals surface area contributed by atoms with Gasteiger partial charge in [0.25, 0.3) is 11.7 Å². The van der Waals surface area contributed by atoms with Crippen LogP contribution in [-0.4, -0.2) is 99.7 Å². The molecule has 3 N–H and O–H groups in total. The van der Waals surface area contributed by atoms with Gasteiger partial charge in [0.05, 0.1) is 24.4 Å². The number of allylic oxidation sites excluding steroid dienone is 6. The molecule has 1 unspecified atom stereocenters. The Bertz CT molecular complexity index is 1530. The van der Waals surface area contributed by atoms with Crippen LogP contribution in [0.25, 0.3) is 0 Å². The summed E-state index contributed by atoms with van der Waals surface area (Å²) in [4.78, 5) is 56.7. The van der Waals surface area contributed by atoms with Crippen molar-refractivity contribution in [3.05, 3.63) is 47.6 Å². The van der Waals surface area contributed by atoms with Crippen LogP contribution in [0.3, 0.4) is 0 Å². The molecule has 0 aromatic carbocycles. The maximum absolute atomic E-state index is 14.1. The lowest BCUT2D eigenvalue weighted by Gasteiger charge is -2.42. The zero-order valence-electron chi connectivity index (χ0n) is 37.0. The minimum atomic E-state index is -2.35. The van der Waals surface area contributed by atoms with E-state index in [9.17, 15) is 34.5 Å². The molecular formula is C48H75NO10. The Morgan fingerprint density at radius 1 is 0.814 bits per heavy atom. The van der Waals surface area contributed by atoms with Crippen LogP contribution in [0, 0.1) is 29.6 Å². The summed E-state index contributed by atoms with van der Waals surface area (Å²) in [5.41, 5.74) is 1.66. The number of Topliss-reactive ketones (excluding diaryl/α,β-unsaturated/α-hetero) is 2. The number of amides is 1. The van der Waals surface area contributed by atoms with E-state index in [0.29, 0.717) is 70.1 Å². The molecule has 3 heterocycles. The first-order valence-electron chi connectivity index (χ1n) is 22.6. The fraction of sp³-hybridized carbons (Fsp3) is 0.750. The van der Waals surface area contributed by atoms with Crippen molar-refractivity contribution in [2.75, 3.05) is 13.7 Å². The van der Waals surface area contributed by atoms with Crippen LogP contribution in [0.4, 0.5) is 0 Å². The van der Waals surface area contributed by atoms with E-state index < -0.39 is 53.7 Å². The van der Waals surface area contributed by atoms with Gasteiger partial charge in [0.2, 0.25) is 5.79 Å². The molecule has 10 atom stereocenters. The SMILES string of the molecule is CO[C@H]1CC2CC[C@@H](C)[C@@](O)(O2)C(=O)C(=O)N2CCCC[C@H]2C(=O)O[C@H](CCC2CCC(O)CC2)CC[C@H](C)/C=C(\C)[C@@H](O)CC(=O)[C@H](C)C[C@H](C)/C=C/C=CC=C1C. The van der Waals surface area contributed by atoms with E-state index in [1.54, 1.807) is 14.0 Å². The molecule has 0 aromatic rings. The van der Waals surface area contributed by atoms with E-state index in [1.807, 2.05) is 51.2 Å². The highest BCUT2D eigenvalue weighted by molar-refractivity contribution is 6.39. The lowest BCUT2D eigenvalue weighted by atomic mass is 9.83. The second-order valence-electron chi connectivity index (χ2n) is 18.5. The number of carbonyl (C=O) groups is 4. The Balaban J connectivity index is 1.60. The molecule has 3 aliphatic heterocycles. The number of hydrogen-bond acceptors (Lipinski definition) is 10. The number of ketones is 2. The molecule has 2 bridgehead atoms. The molecule has 3 fully saturated rings. The largest absolute Gasteiger partial charge is 0.461 e. The van der Waals surface area contributed by atoms with Gasteiger partial charge in [0.15, 0.2) is 0 Å². The van der Waals surface area contributed by atoms with E-state index in [-0.39, 0.29) is 48.7 Å². The van der Waals surface area contributed by atoms with Crippen LogP contribution in [-0.2, 0) is 33.4 Å². The summed E-state index contributed by atoms with van der Waals surface area (Å²) in [6.07, 6.45) is 19.1. The van der Waals surface area contributed by atoms with Crippen molar-refractivity contribution < 1.29 is 48.7 Å². The molecule has 1 aliphatic carbocycles. The van der Waals surface area contributed by atoms with E-state index in [4.69, 9.17) is 14.2 Å². The predicted octanol–water partition coefficient (Wildman–Crippen LogP) is 7.51. The van der Waals surface area contributed by atoms with Gasteiger partial charge in [-0.3, -0.25) is 14.4 Å². The fourth-order valence-corrected chi connectivity index (χ4v) is 9.32. The number of rotatable bonds is 4. The molecule has 0 spiro atoms. The third-order valence-corrected chi connectivity index (χ3v) is 13.5. The smallest absolute Gasteiger partial charge is 0.329 e. The van der Waals surface area contributed by atoms with Crippen LogP contribution in [0.1, 0.15) is 144 Å². The number of ether oxygens (including phenoxy) is 3. The Morgan fingerprint density at radius 2 is 1.54 bits per heavy atom. The molecule has 0 aromatic heterocycles. The Hall–Kier alpha value is -2.96. The number of nitrogens with zero attached hydrogens (tertiary/aromatic N) is 1. The molecule has 332 valence electrons. The van der Waals surface area contributed by atoms with Gasteiger partial charge in [-0.2, -0.15) is 0 Å². The molecule has 0 radical (unpaired) electrons. The van der Waals surface area contributed by atoms with Gasteiger partial charge in [0, 0.05) is 38.3 Å². The number of esters is 1. The van der Waals surface area contributed by atoms with Crippen molar-refractivity contribution >= 4 is 23.4 Å². The highest BCUT2D eigenvalue weighted by atomic mass is 16.6. The second-order valence-corrected chi connectivity index (χ2v) is 18.5. The first-order chi connectivity index (χ1) is 28.0. The highest BCUT2D eigenvalue weighted by Crippen LogP contribution is 2.37. The van der Waals surface area contributed by atoms with Crippen molar-refractivity contribution in [2.24, 2.45) is 29.6 Å². The average molecular weight is 826 g/mol. The van der Waals surface area contributed by atoms with Gasteiger partial charge >= 0.3 is 5.97 Å². The third kappa shape index (κ3) is 14.3. The van der Waals surface area contributed by atoms with Crippen molar-refractivity contribution in [3.8, 4) is 0 Å². The number of fused-ring (bicyclic) bond motifs is 3. The van der Waals surface area contributed by atoms with E-state index in [2.05, 4.69) is 19.9 Å².